The Morgan fingerprint density at radius 1 is 0.394 bits per heavy atom. The fraction of sp³-hybridized carbons (Fsp3) is 0.750. The number of nitrogens with one attached hydrogen (secondary N) is 13. The minimum absolute atomic E-state index is 0.0169. The summed E-state index contributed by atoms with van der Waals surface area (Å²) < 4.78 is 0. The van der Waals surface area contributed by atoms with Crippen LogP contribution in [-0.2, 0) is 81.5 Å². The number of hydrogen-bond acceptors (Lipinski definition) is 24. The van der Waals surface area contributed by atoms with E-state index in [9.17, 15) is 86.6 Å². The minimum atomic E-state index is -1.58. The van der Waals surface area contributed by atoms with Crippen LogP contribution in [-0.4, -0.2) is 283 Å². The summed E-state index contributed by atoms with van der Waals surface area (Å²) in [7, 11) is 0. The standard InChI is InChI=1S/C80H147N29O18/c1-10-46(8)63(73(122)96-42-60(112)98-49(25-17-35-92-78(86)87)67(116)97-47(9)64(113)100-50(23-12-15-33-82)68(117)101-52(26-18-36-93-79(88)89)70(119)105-61(44(4)5)74(123)106-62(45(6)7)77(126)127)107-71(120)53(30-31-58(85)110)99-59(111)41-95-66(115)55(40-43(2)3)104-69(118)51(24-13-16-34-83)102-72(121)56-28-20-38-108(56)76(125)57-29-21-39-109(57)75(124)54(27-19-37-94-80(90)91)103-65(114)48(84)22-11-14-32-81/h43-57,61-63H,10-42,81-84H2,1-9H3,(H2,85,110)(H,95,115)(H,96,122)(H,97,116)(H,98,112)(H,99,111)(H,100,113)(H,101,117)(H,102,121)(H,103,114)(H,104,118)(H,105,119)(H,106,123)(H,107,120)(H,126,127)(H4,86,87,92)(H4,88,89,93)(H4,90,91,94)/t46-,47-,48-,49-,50-,51-,52-,53-,54-,55-,56-,57-,61-,62-,63-/m0/s1. The first-order valence-electron chi connectivity index (χ1n) is 43.9. The maximum absolute atomic E-state index is 14.6. The zero-order chi connectivity index (χ0) is 95.7. The average Bonchev–Trinajstić information content (AvgIpc) is 1.66. The molecule has 0 aliphatic carbocycles. The number of primary amides is 1. The molecule has 0 aromatic rings. The maximum atomic E-state index is 14.6. The van der Waals surface area contributed by atoms with Crippen molar-refractivity contribution in [3.05, 3.63) is 0 Å². The monoisotopic (exact) mass is 1800 g/mol. The van der Waals surface area contributed by atoms with E-state index >= 15 is 0 Å². The molecule has 0 aromatic carbocycles. The lowest BCUT2D eigenvalue weighted by Crippen LogP contribution is -2.60. The molecule has 0 aromatic heterocycles. The van der Waals surface area contributed by atoms with Crippen molar-refractivity contribution in [1.29, 1.82) is 0 Å². The van der Waals surface area contributed by atoms with E-state index in [0.29, 0.717) is 57.9 Å². The first-order chi connectivity index (χ1) is 59.9. The summed E-state index contributed by atoms with van der Waals surface area (Å²) in [5.74, 6) is -16.9. The van der Waals surface area contributed by atoms with Crippen LogP contribution in [0.15, 0.2) is 15.0 Å². The van der Waals surface area contributed by atoms with Crippen LogP contribution in [0.1, 0.15) is 210 Å². The summed E-state index contributed by atoms with van der Waals surface area (Å²) >= 11 is 0. The van der Waals surface area contributed by atoms with Crippen molar-refractivity contribution in [3.63, 3.8) is 0 Å². The fourth-order valence-electron chi connectivity index (χ4n) is 14.0. The third-order valence-electron chi connectivity index (χ3n) is 21.4. The second kappa shape index (κ2) is 59.6. The zero-order valence-corrected chi connectivity index (χ0v) is 75.2. The number of aliphatic carboxylic acids is 1. The van der Waals surface area contributed by atoms with Gasteiger partial charge in [0, 0.05) is 39.1 Å². The summed E-state index contributed by atoms with van der Waals surface area (Å²) in [6.45, 7) is 14.2. The Kier molecular flexibility index (Phi) is 52.4. The van der Waals surface area contributed by atoms with Crippen molar-refractivity contribution in [2.24, 2.45) is 102 Å². The number of rotatable bonds is 62. The fourth-order valence-corrected chi connectivity index (χ4v) is 14.0. The number of carboxylic acid groups (broad SMARTS) is 1. The van der Waals surface area contributed by atoms with Gasteiger partial charge in [-0.15, -0.1) is 0 Å². The number of likely N-dealkylation sites (tertiary alicyclic amines) is 2. The highest BCUT2D eigenvalue weighted by atomic mass is 16.4. The molecule has 0 spiro atoms. The highest BCUT2D eigenvalue weighted by Crippen LogP contribution is 2.27. The van der Waals surface area contributed by atoms with Crippen LogP contribution in [0, 0.1) is 23.7 Å². The molecule has 2 heterocycles. The first kappa shape index (κ1) is 112. The summed E-state index contributed by atoms with van der Waals surface area (Å²) in [6, 6.07) is -17.9. The molecule has 2 saturated heterocycles. The van der Waals surface area contributed by atoms with Crippen LogP contribution in [0.5, 0.6) is 0 Å². The van der Waals surface area contributed by atoms with Crippen LogP contribution in [0.3, 0.4) is 0 Å². The third-order valence-corrected chi connectivity index (χ3v) is 21.4. The highest BCUT2D eigenvalue weighted by molar-refractivity contribution is 6.01. The van der Waals surface area contributed by atoms with Crippen LogP contribution in [0.2, 0.25) is 0 Å². The molecule has 36 N–H and O–H groups in total. The molecule has 2 rings (SSSR count). The predicted octanol–water partition coefficient (Wildman–Crippen LogP) is -7.82. The Hall–Kier alpha value is -11.4. The van der Waals surface area contributed by atoms with Gasteiger partial charge in [-0.05, 0) is 179 Å². The first-order valence-corrected chi connectivity index (χ1v) is 43.9. The van der Waals surface area contributed by atoms with Crippen molar-refractivity contribution >= 4 is 118 Å². The molecule has 47 heteroatoms. The average molecular weight is 1800 g/mol. The van der Waals surface area contributed by atoms with E-state index in [1.165, 1.54) is 16.7 Å². The predicted molar refractivity (Wildman–Crippen MR) is 473 cm³/mol. The molecule has 2 aliphatic rings. The molecule has 0 unspecified atom stereocenters. The molecule has 2 aliphatic heterocycles. The second-order valence-electron chi connectivity index (χ2n) is 33.2. The molecule has 127 heavy (non-hydrogen) atoms. The lowest BCUT2D eigenvalue weighted by atomic mass is 9.97. The summed E-state index contributed by atoms with van der Waals surface area (Å²) in [4.78, 5) is 250. The lowest BCUT2D eigenvalue weighted by Gasteiger charge is -2.33. The van der Waals surface area contributed by atoms with E-state index < -0.39 is 229 Å². The smallest absolute Gasteiger partial charge is 0.326 e. The molecule has 0 bridgehead atoms. The Morgan fingerprint density at radius 2 is 0.787 bits per heavy atom. The van der Waals surface area contributed by atoms with Crippen LogP contribution >= 0.6 is 0 Å². The normalized spacial score (nSPS) is 16.7. The van der Waals surface area contributed by atoms with Crippen molar-refractivity contribution in [2.75, 3.05) is 65.4 Å². The quantitative estimate of drug-likeness (QED) is 0.0153. The number of carboxylic acids is 1. The Balaban J connectivity index is 2.34. The van der Waals surface area contributed by atoms with Gasteiger partial charge in [0.2, 0.25) is 94.5 Å². The largest absolute Gasteiger partial charge is 0.480 e. The number of hydrogen-bond donors (Lipinski definition) is 25. The van der Waals surface area contributed by atoms with Gasteiger partial charge in [-0.1, -0.05) is 68.2 Å². The molecule has 47 nitrogen and oxygen atoms in total. The van der Waals surface area contributed by atoms with Gasteiger partial charge in [0.05, 0.1) is 19.1 Å². The molecular formula is C80H147N29O18. The number of amides is 16. The second-order valence-corrected chi connectivity index (χ2v) is 33.2. The Labute approximate surface area is 742 Å². The summed E-state index contributed by atoms with van der Waals surface area (Å²) in [6.07, 6.45) is 4.09. The van der Waals surface area contributed by atoms with Crippen molar-refractivity contribution < 1.29 is 86.6 Å². The van der Waals surface area contributed by atoms with Gasteiger partial charge in [-0.3, -0.25) is 91.7 Å². The van der Waals surface area contributed by atoms with Crippen LogP contribution in [0.25, 0.3) is 0 Å². The third kappa shape index (κ3) is 42.2. The molecule has 15 atom stereocenters. The van der Waals surface area contributed by atoms with E-state index in [4.69, 9.17) is 63.1 Å². The van der Waals surface area contributed by atoms with Crippen LogP contribution in [0.4, 0.5) is 0 Å². The van der Waals surface area contributed by atoms with E-state index in [-0.39, 0.29) is 153 Å². The van der Waals surface area contributed by atoms with Gasteiger partial charge in [0.25, 0.3) is 0 Å². The Bertz CT molecular complexity index is 3710. The van der Waals surface area contributed by atoms with Gasteiger partial charge >= 0.3 is 5.97 Å². The topological polar surface area (TPSA) is 797 Å². The van der Waals surface area contributed by atoms with Crippen LogP contribution < -0.4 is 132 Å². The number of carbonyl (C=O) groups is 17. The van der Waals surface area contributed by atoms with E-state index in [1.807, 2.05) is 0 Å². The molecule has 720 valence electrons. The van der Waals surface area contributed by atoms with Gasteiger partial charge in [0.15, 0.2) is 17.9 Å². The van der Waals surface area contributed by atoms with Crippen molar-refractivity contribution in [2.45, 2.75) is 295 Å². The minimum Gasteiger partial charge on any atom is -0.480 e. The number of nitrogens with two attached hydrogens (primary N) is 11. The van der Waals surface area contributed by atoms with E-state index in [1.54, 1.807) is 55.4 Å². The van der Waals surface area contributed by atoms with Gasteiger partial charge in [-0.25, -0.2) is 4.79 Å². The molecular weight excluding hydrogens is 1660 g/mol. The van der Waals surface area contributed by atoms with Gasteiger partial charge < -0.3 is 147 Å². The molecule has 0 saturated carbocycles. The molecule has 16 amide bonds. The number of guanidine groups is 3. The SMILES string of the molecule is CC[C@H](C)[C@H](NC(=O)[C@H](CCC(N)=O)NC(=O)CNC(=O)[C@H](CC(C)C)NC(=O)[C@H](CCCCN)NC(=O)[C@@H]1CCCN1C(=O)[C@@H]1CCCN1C(=O)[C@H](CCCN=C(N)N)NC(=O)[C@@H](N)CCCCN)C(=O)NCC(=O)N[C@@H](CCCN=C(N)N)C(=O)N[C@@H](C)C(=O)N[C@@H](CCCCN)C(=O)N[C@@H](CCCN=C(N)N)C(=O)N[C@H](C(=O)N[C@H](C(=O)O)C(C)C)C(C)C. The van der Waals surface area contributed by atoms with Crippen molar-refractivity contribution in [1.82, 2.24) is 78.9 Å². The highest BCUT2D eigenvalue weighted by Gasteiger charge is 2.45. The van der Waals surface area contributed by atoms with E-state index in [0.717, 1.165) is 0 Å². The lowest BCUT2D eigenvalue weighted by molar-refractivity contribution is -0.148. The van der Waals surface area contributed by atoms with Gasteiger partial charge in [-0.2, -0.15) is 0 Å². The number of unbranched alkanes of at least 4 members (excludes halogenated alkanes) is 3. The van der Waals surface area contributed by atoms with E-state index in [2.05, 4.69) is 84.1 Å². The molecule has 2 fully saturated rings. The summed E-state index contributed by atoms with van der Waals surface area (Å²) in [5, 5.41) is 43.4. The summed E-state index contributed by atoms with van der Waals surface area (Å²) in [5.41, 5.74) is 62.1. The number of nitrogens with zero attached hydrogens (tertiary/aromatic N) is 5. The number of carbonyl (C=O) groups excluding carboxylic acids is 16. The molecule has 0 radical (unpaired) electrons. The van der Waals surface area contributed by atoms with Gasteiger partial charge in [0.1, 0.15) is 78.5 Å². The Morgan fingerprint density at radius 3 is 1.25 bits per heavy atom. The maximum Gasteiger partial charge on any atom is 0.326 e. The van der Waals surface area contributed by atoms with Crippen molar-refractivity contribution in [3.8, 4) is 0 Å². The zero-order valence-electron chi connectivity index (χ0n) is 75.2. The number of aliphatic imine (C=N–C) groups is 3.